The molecule has 0 aromatic heterocycles. The molecule has 0 saturated carbocycles. The van der Waals surface area contributed by atoms with Gasteiger partial charge in [0.2, 0.25) is 0 Å². The quantitative estimate of drug-likeness (QED) is 0.235. The van der Waals surface area contributed by atoms with Gasteiger partial charge < -0.3 is 15.4 Å². The van der Waals surface area contributed by atoms with Crippen molar-refractivity contribution in [2.24, 2.45) is 10.4 Å². The van der Waals surface area contributed by atoms with Gasteiger partial charge in [-0.25, -0.2) is 0 Å². The summed E-state index contributed by atoms with van der Waals surface area (Å²) in [5, 5.41) is 14.2. The van der Waals surface area contributed by atoms with Gasteiger partial charge in [0, 0.05) is 0 Å². The molecule has 0 atom stereocenters. The van der Waals surface area contributed by atoms with Gasteiger partial charge in [0.25, 0.3) is 0 Å². The number of para-hydroxylation sites is 2. The first-order valence-electron chi connectivity index (χ1n) is 12.9. The van der Waals surface area contributed by atoms with Gasteiger partial charge in [0.05, 0.1) is 0 Å². The summed E-state index contributed by atoms with van der Waals surface area (Å²) in [6.45, 7) is 26.2. The van der Waals surface area contributed by atoms with E-state index in [1.807, 2.05) is 0 Å². The van der Waals surface area contributed by atoms with Crippen LogP contribution in [0.3, 0.4) is 0 Å². The van der Waals surface area contributed by atoms with E-state index in [0.717, 1.165) is 17.2 Å². The van der Waals surface area contributed by atoms with Gasteiger partial charge >= 0.3 is 10.1 Å². The molecule has 2 rings (SSSR count). The number of nitrogens with zero attached hydrogens (tertiary/aromatic N) is 2. The molecule has 2 aromatic rings. The molecule has 0 amide bonds. The molecule has 3 nitrogen and oxygen atoms in total. The van der Waals surface area contributed by atoms with E-state index in [-0.39, 0.29) is 22.1 Å². The molecule has 0 unspecified atom stereocenters. The molecule has 0 aliphatic rings. The SMILES string of the molecule is CC(C)c1cccc(C(C)C)c1N=C([N-]c1c(C(C)C)cccc1C(C)C)C(C)(C)C.CC[O-].[Be+2]. The van der Waals surface area contributed by atoms with Crippen LogP contribution in [0.5, 0.6) is 0 Å². The van der Waals surface area contributed by atoms with E-state index >= 15 is 0 Å². The minimum atomic E-state index is -0.170. The minimum Gasteiger partial charge on any atom is -0.855 e. The van der Waals surface area contributed by atoms with Crippen LogP contribution in [-0.4, -0.2) is 22.6 Å². The van der Waals surface area contributed by atoms with Gasteiger partial charge in [-0.2, -0.15) is 0 Å². The van der Waals surface area contributed by atoms with Crippen molar-refractivity contribution in [3.63, 3.8) is 0 Å². The Morgan fingerprint density at radius 3 is 1.34 bits per heavy atom. The number of rotatable bonds is 6. The van der Waals surface area contributed by atoms with Gasteiger partial charge in [-0.05, 0) is 62.7 Å². The zero-order valence-electron chi connectivity index (χ0n) is 24.5. The average molecular weight is 474 g/mol. The molecular weight excluding hydrogens is 425 g/mol. The number of benzene rings is 2. The summed E-state index contributed by atoms with van der Waals surface area (Å²) in [6, 6.07) is 13.2. The second-order valence-electron chi connectivity index (χ2n) is 11.3. The second kappa shape index (κ2) is 14.6. The molecule has 0 radical (unpaired) electrons. The summed E-state index contributed by atoms with van der Waals surface area (Å²) in [5.41, 5.74) is 7.22. The maximum absolute atomic E-state index is 8.93. The van der Waals surface area contributed by atoms with Crippen LogP contribution in [0, 0.1) is 5.41 Å². The summed E-state index contributed by atoms with van der Waals surface area (Å²) < 4.78 is 0. The Morgan fingerprint density at radius 2 is 1.06 bits per heavy atom. The third kappa shape index (κ3) is 9.21. The van der Waals surface area contributed by atoms with E-state index < -0.39 is 0 Å². The fourth-order valence-corrected chi connectivity index (χ4v) is 3.85. The molecule has 0 fully saturated rings. The van der Waals surface area contributed by atoms with Crippen molar-refractivity contribution in [1.82, 2.24) is 0 Å². The Kier molecular flexibility index (Phi) is 13.7. The minimum absolute atomic E-state index is 0. The van der Waals surface area contributed by atoms with Crippen molar-refractivity contribution in [3.8, 4) is 0 Å². The molecule has 0 bridgehead atoms. The van der Waals surface area contributed by atoms with Gasteiger partial charge in [-0.1, -0.05) is 125 Å². The van der Waals surface area contributed by atoms with E-state index in [1.165, 1.54) is 22.3 Å². The van der Waals surface area contributed by atoms with Crippen LogP contribution < -0.4 is 5.11 Å². The number of hydrogen-bond donors (Lipinski definition) is 0. The molecule has 2 aromatic carbocycles. The van der Waals surface area contributed by atoms with Crippen LogP contribution in [0.15, 0.2) is 41.4 Å². The molecule has 0 spiro atoms. The van der Waals surface area contributed by atoms with Gasteiger partial charge in [-0.3, -0.25) is 0 Å². The normalized spacial score (nSPS) is 12.1. The molecular formula is C31H48BeN2O. The number of hydrogen-bond acceptors (Lipinski definition) is 2. The third-order valence-corrected chi connectivity index (χ3v) is 5.79. The monoisotopic (exact) mass is 473 g/mol. The van der Waals surface area contributed by atoms with Crippen LogP contribution in [0.4, 0.5) is 11.4 Å². The van der Waals surface area contributed by atoms with Gasteiger partial charge in [0.15, 0.2) is 0 Å². The summed E-state index contributed by atoms with van der Waals surface area (Å²) >= 11 is 0. The van der Waals surface area contributed by atoms with Crippen molar-refractivity contribution in [2.45, 2.75) is 107 Å². The Labute approximate surface area is 220 Å². The summed E-state index contributed by atoms with van der Waals surface area (Å²) in [6.07, 6.45) is 0. The van der Waals surface area contributed by atoms with Crippen molar-refractivity contribution in [1.29, 1.82) is 0 Å². The first-order chi connectivity index (χ1) is 15.8. The van der Waals surface area contributed by atoms with E-state index in [4.69, 9.17) is 15.4 Å². The van der Waals surface area contributed by atoms with Crippen LogP contribution in [-0.2, 0) is 0 Å². The van der Waals surface area contributed by atoms with Crippen molar-refractivity contribution in [3.05, 3.63) is 64.0 Å². The molecule has 0 saturated heterocycles. The van der Waals surface area contributed by atoms with Crippen molar-refractivity contribution < 1.29 is 5.11 Å². The number of aliphatic imine (C=N–C) groups is 1. The fraction of sp³-hybridized carbons (Fsp3) is 0.581. The Hall–Kier alpha value is -1.96. The summed E-state index contributed by atoms with van der Waals surface area (Å²) in [5.74, 6) is 2.54. The van der Waals surface area contributed by atoms with Gasteiger partial charge in [-0.15, -0.1) is 6.61 Å². The molecule has 190 valence electrons. The predicted molar refractivity (Wildman–Crippen MR) is 155 cm³/mol. The standard InChI is InChI=1S/C29H43N2.C2H5O.Be/c1-18(2)22-14-12-15-23(19(3)4)26(22)30-28(29(9,10)11)31-27-24(20(5)6)16-13-17-25(27)21(7)8;1-2-3;/h12-21H,1-11H3;2H2,1H3;/q2*-1;+2. The van der Waals surface area contributed by atoms with Crippen molar-refractivity contribution in [2.75, 3.05) is 6.61 Å². The third-order valence-electron chi connectivity index (χ3n) is 5.79. The number of amidine groups is 1. The first-order valence-corrected chi connectivity index (χ1v) is 12.9. The molecule has 0 N–H and O–H groups in total. The van der Waals surface area contributed by atoms with Crippen LogP contribution in [0.25, 0.3) is 5.32 Å². The maximum Gasteiger partial charge on any atom is 2.00 e. The maximum atomic E-state index is 8.93. The Balaban J connectivity index is 0.00000274. The summed E-state index contributed by atoms with van der Waals surface area (Å²) in [4.78, 5) is 5.32. The van der Waals surface area contributed by atoms with Crippen LogP contribution >= 0.6 is 0 Å². The first kappa shape index (κ1) is 33.0. The van der Waals surface area contributed by atoms with E-state index in [0.29, 0.717) is 23.7 Å². The molecule has 0 aliphatic heterocycles. The molecule has 35 heavy (non-hydrogen) atoms. The smallest absolute Gasteiger partial charge is 0.855 e. The molecule has 4 heteroatoms. The van der Waals surface area contributed by atoms with Gasteiger partial charge in [0.1, 0.15) is 0 Å². The zero-order chi connectivity index (χ0) is 26.2. The van der Waals surface area contributed by atoms with Crippen LogP contribution in [0.2, 0.25) is 0 Å². The molecule has 0 heterocycles. The predicted octanol–water partition coefficient (Wildman–Crippen LogP) is 8.95. The second-order valence-corrected chi connectivity index (χ2v) is 11.3. The van der Waals surface area contributed by atoms with E-state index in [9.17, 15) is 0 Å². The fourth-order valence-electron chi connectivity index (χ4n) is 3.85. The molecule has 0 aliphatic carbocycles. The summed E-state index contributed by atoms with van der Waals surface area (Å²) in [7, 11) is 0. The largest absolute Gasteiger partial charge is 2.00 e. The van der Waals surface area contributed by atoms with Crippen molar-refractivity contribution >= 4 is 27.3 Å². The Morgan fingerprint density at radius 1 is 0.743 bits per heavy atom. The van der Waals surface area contributed by atoms with E-state index in [2.05, 4.69) is 113 Å². The average Bonchev–Trinajstić information content (AvgIpc) is 2.72. The Bertz CT molecular complexity index is 885. The topological polar surface area (TPSA) is 49.5 Å². The zero-order valence-corrected chi connectivity index (χ0v) is 24.5. The van der Waals surface area contributed by atoms with Crippen LogP contribution in [0.1, 0.15) is 129 Å². The van der Waals surface area contributed by atoms with E-state index in [1.54, 1.807) is 6.92 Å².